The molecule has 0 bridgehead atoms. The van der Waals surface area contributed by atoms with Crippen LogP contribution in [-0.4, -0.2) is 50.5 Å². The van der Waals surface area contributed by atoms with Crippen molar-refractivity contribution >= 4 is 0 Å². The lowest BCUT2D eigenvalue weighted by atomic mass is 10.3. The zero-order valence-electron chi connectivity index (χ0n) is 8.47. The third kappa shape index (κ3) is 7.11. The molecule has 0 radical (unpaired) electrons. The molecular weight excluding hydrogens is 197 g/mol. The second kappa shape index (κ2) is 6.21. The molecule has 0 aliphatic carbocycles. The van der Waals surface area contributed by atoms with E-state index in [0.29, 0.717) is 6.54 Å². The maximum Gasteiger partial charge on any atom is 0.401 e. The first-order valence-electron chi connectivity index (χ1n) is 4.42. The molecule has 0 aromatic heterocycles. The van der Waals surface area contributed by atoms with Crippen molar-refractivity contribution < 1.29 is 17.9 Å². The molecule has 86 valence electrons. The van der Waals surface area contributed by atoms with Crippen molar-refractivity contribution in [2.24, 2.45) is 5.73 Å². The summed E-state index contributed by atoms with van der Waals surface area (Å²) >= 11 is 0. The highest BCUT2D eigenvalue weighted by molar-refractivity contribution is 4.69. The monoisotopic (exact) mass is 214 g/mol. The number of nitrogens with two attached hydrogens (primary N) is 1. The number of hydrogen-bond acceptors (Lipinski definition) is 3. The third-order valence-electron chi connectivity index (χ3n) is 1.72. The van der Waals surface area contributed by atoms with Crippen molar-refractivity contribution in [3.8, 4) is 0 Å². The molecule has 1 atom stereocenters. The van der Waals surface area contributed by atoms with Crippen molar-refractivity contribution in [3.63, 3.8) is 0 Å². The second-order valence-electron chi connectivity index (χ2n) is 3.16. The summed E-state index contributed by atoms with van der Waals surface area (Å²) in [6.07, 6.45) is -4.16. The van der Waals surface area contributed by atoms with Crippen LogP contribution in [0.3, 0.4) is 0 Å². The number of likely N-dealkylation sites (N-methyl/N-ethyl adjacent to an activating group) is 1. The van der Waals surface area contributed by atoms with Crippen LogP contribution in [0.15, 0.2) is 0 Å². The molecule has 0 saturated heterocycles. The van der Waals surface area contributed by atoms with Crippen molar-refractivity contribution in [2.45, 2.75) is 19.1 Å². The molecule has 0 amide bonds. The second-order valence-corrected chi connectivity index (χ2v) is 3.16. The topological polar surface area (TPSA) is 38.5 Å². The van der Waals surface area contributed by atoms with Crippen LogP contribution in [0.1, 0.15) is 6.92 Å². The lowest BCUT2D eigenvalue weighted by Gasteiger charge is -2.24. The first kappa shape index (κ1) is 13.7. The highest BCUT2D eigenvalue weighted by Gasteiger charge is 2.30. The fourth-order valence-corrected chi connectivity index (χ4v) is 1.16. The van der Waals surface area contributed by atoms with Crippen LogP contribution in [0.25, 0.3) is 0 Å². The Morgan fingerprint density at radius 3 is 2.36 bits per heavy atom. The van der Waals surface area contributed by atoms with Gasteiger partial charge in [-0.2, -0.15) is 13.2 Å². The van der Waals surface area contributed by atoms with Gasteiger partial charge < -0.3 is 10.5 Å². The number of rotatable bonds is 6. The van der Waals surface area contributed by atoms with E-state index in [0.717, 1.165) is 0 Å². The number of alkyl halides is 3. The fourth-order valence-electron chi connectivity index (χ4n) is 1.16. The van der Waals surface area contributed by atoms with Gasteiger partial charge in [0.1, 0.15) is 0 Å². The standard InChI is InChI=1S/C8H17F3N2O/c1-3-13(6-8(9,10)11)4-7(12)5-14-2/h7H,3-6,12H2,1-2H3. The van der Waals surface area contributed by atoms with Gasteiger partial charge in [-0.15, -0.1) is 0 Å². The highest BCUT2D eigenvalue weighted by atomic mass is 19.4. The average Bonchev–Trinajstić information content (AvgIpc) is 2.01. The predicted octanol–water partition coefficient (Wildman–Crippen LogP) is 0.844. The van der Waals surface area contributed by atoms with E-state index < -0.39 is 12.7 Å². The minimum absolute atomic E-state index is 0.198. The van der Waals surface area contributed by atoms with E-state index in [-0.39, 0.29) is 19.2 Å². The number of nitrogens with zero attached hydrogens (tertiary/aromatic N) is 1. The Morgan fingerprint density at radius 1 is 1.43 bits per heavy atom. The number of methoxy groups -OCH3 is 1. The maximum atomic E-state index is 12.0. The molecule has 14 heavy (non-hydrogen) atoms. The Kier molecular flexibility index (Phi) is 6.06. The molecule has 0 fully saturated rings. The molecule has 0 rings (SSSR count). The fraction of sp³-hybridized carbons (Fsp3) is 1.00. The van der Waals surface area contributed by atoms with E-state index in [1.165, 1.54) is 12.0 Å². The minimum atomic E-state index is -4.16. The molecule has 0 heterocycles. The van der Waals surface area contributed by atoms with E-state index >= 15 is 0 Å². The Hall–Kier alpha value is -0.330. The number of halogens is 3. The van der Waals surface area contributed by atoms with Crippen LogP contribution in [-0.2, 0) is 4.74 Å². The summed E-state index contributed by atoms with van der Waals surface area (Å²) < 4.78 is 40.8. The Labute approximate surface area is 82.0 Å². The zero-order chi connectivity index (χ0) is 11.2. The smallest absolute Gasteiger partial charge is 0.383 e. The molecule has 6 heteroatoms. The summed E-state index contributed by atoms with van der Waals surface area (Å²) in [6, 6.07) is -0.373. The lowest BCUT2D eigenvalue weighted by molar-refractivity contribution is -0.146. The van der Waals surface area contributed by atoms with E-state index in [2.05, 4.69) is 0 Å². The summed E-state index contributed by atoms with van der Waals surface area (Å²) in [6.45, 7) is 1.56. The van der Waals surface area contributed by atoms with Gasteiger partial charge in [-0.05, 0) is 6.54 Å². The van der Waals surface area contributed by atoms with Gasteiger partial charge >= 0.3 is 6.18 Å². The summed E-state index contributed by atoms with van der Waals surface area (Å²) in [5.41, 5.74) is 5.55. The molecular formula is C8H17F3N2O. The zero-order valence-corrected chi connectivity index (χ0v) is 8.47. The molecule has 1 unspecified atom stereocenters. The Morgan fingerprint density at radius 2 is 2.00 bits per heavy atom. The van der Waals surface area contributed by atoms with Crippen molar-refractivity contribution in [2.75, 3.05) is 33.4 Å². The SMILES string of the molecule is CCN(CC(N)COC)CC(F)(F)F. The Bertz CT molecular complexity index is 152. The van der Waals surface area contributed by atoms with E-state index in [1.807, 2.05) is 0 Å². The third-order valence-corrected chi connectivity index (χ3v) is 1.72. The highest BCUT2D eigenvalue weighted by Crippen LogP contribution is 2.16. The van der Waals surface area contributed by atoms with Crippen LogP contribution in [0.5, 0.6) is 0 Å². The molecule has 3 nitrogen and oxygen atoms in total. The van der Waals surface area contributed by atoms with Gasteiger partial charge in [-0.3, -0.25) is 4.90 Å². The van der Waals surface area contributed by atoms with Crippen molar-refractivity contribution in [3.05, 3.63) is 0 Å². The predicted molar refractivity (Wildman–Crippen MR) is 48.0 cm³/mol. The molecule has 0 aliphatic rings. The summed E-state index contributed by atoms with van der Waals surface area (Å²) in [7, 11) is 1.47. The van der Waals surface area contributed by atoms with Crippen LogP contribution in [0.2, 0.25) is 0 Å². The van der Waals surface area contributed by atoms with Crippen molar-refractivity contribution in [1.82, 2.24) is 4.90 Å². The van der Waals surface area contributed by atoms with Gasteiger partial charge in [0.25, 0.3) is 0 Å². The van der Waals surface area contributed by atoms with Crippen LogP contribution in [0.4, 0.5) is 13.2 Å². The summed E-state index contributed by atoms with van der Waals surface area (Å²) in [5.74, 6) is 0. The summed E-state index contributed by atoms with van der Waals surface area (Å²) in [5, 5.41) is 0. The first-order chi connectivity index (χ1) is 6.39. The summed E-state index contributed by atoms with van der Waals surface area (Å²) in [4.78, 5) is 1.25. The Balaban J connectivity index is 3.90. The molecule has 0 aliphatic heterocycles. The molecule has 2 N–H and O–H groups in total. The van der Waals surface area contributed by atoms with E-state index in [9.17, 15) is 13.2 Å². The molecule has 0 aromatic rings. The van der Waals surface area contributed by atoms with Crippen molar-refractivity contribution in [1.29, 1.82) is 0 Å². The van der Waals surface area contributed by atoms with Crippen LogP contribution >= 0.6 is 0 Å². The average molecular weight is 214 g/mol. The number of hydrogen-bond donors (Lipinski definition) is 1. The largest absolute Gasteiger partial charge is 0.401 e. The van der Waals surface area contributed by atoms with Gasteiger partial charge in [0, 0.05) is 19.7 Å². The number of ether oxygens (including phenoxy) is 1. The van der Waals surface area contributed by atoms with Gasteiger partial charge in [-0.25, -0.2) is 0 Å². The van der Waals surface area contributed by atoms with Crippen LogP contribution in [0, 0.1) is 0 Å². The van der Waals surface area contributed by atoms with E-state index in [1.54, 1.807) is 6.92 Å². The van der Waals surface area contributed by atoms with Gasteiger partial charge in [0.15, 0.2) is 0 Å². The molecule has 0 aromatic carbocycles. The molecule has 0 spiro atoms. The van der Waals surface area contributed by atoms with Gasteiger partial charge in [-0.1, -0.05) is 6.92 Å². The first-order valence-corrected chi connectivity index (χ1v) is 4.42. The lowest BCUT2D eigenvalue weighted by Crippen LogP contribution is -2.43. The minimum Gasteiger partial charge on any atom is -0.383 e. The molecule has 0 saturated carbocycles. The van der Waals surface area contributed by atoms with Gasteiger partial charge in [0.2, 0.25) is 0 Å². The maximum absolute atomic E-state index is 12.0. The van der Waals surface area contributed by atoms with Gasteiger partial charge in [0.05, 0.1) is 13.2 Å². The van der Waals surface area contributed by atoms with E-state index in [4.69, 9.17) is 10.5 Å². The van der Waals surface area contributed by atoms with Crippen LogP contribution < -0.4 is 5.73 Å². The normalized spacial score (nSPS) is 14.8. The quantitative estimate of drug-likeness (QED) is 0.712.